The van der Waals surface area contributed by atoms with Crippen LogP contribution < -0.4 is 15.4 Å². The number of aliphatic carboxylic acids is 1. The molecule has 1 aromatic carbocycles. The molecule has 1 saturated heterocycles. The third-order valence-electron chi connectivity index (χ3n) is 3.69. The molecule has 1 heterocycles. The Balaban J connectivity index is 1.80. The van der Waals surface area contributed by atoms with Gasteiger partial charge in [-0.15, -0.1) is 0 Å². The molecule has 2 rings (SSSR count). The van der Waals surface area contributed by atoms with Gasteiger partial charge in [0.2, 0.25) is 0 Å². The van der Waals surface area contributed by atoms with E-state index in [9.17, 15) is 9.59 Å². The highest BCUT2D eigenvalue weighted by molar-refractivity contribution is 6.32. The van der Waals surface area contributed by atoms with Crippen molar-refractivity contribution in [3.8, 4) is 5.75 Å². The third-order valence-corrected chi connectivity index (χ3v) is 4.00. The summed E-state index contributed by atoms with van der Waals surface area (Å²) in [6.45, 7) is 1.36. The quantitative estimate of drug-likeness (QED) is 0.762. The maximum Gasteiger partial charge on any atom is 0.319 e. The summed E-state index contributed by atoms with van der Waals surface area (Å²) in [6, 6.07) is 4.73. The Hall–Kier alpha value is -1.99. The number of likely N-dealkylation sites (tertiary alicyclic amines) is 1. The van der Waals surface area contributed by atoms with Gasteiger partial charge in [-0.05, 0) is 25.0 Å². The van der Waals surface area contributed by atoms with Crippen LogP contribution in [0.2, 0.25) is 5.02 Å². The molecule has 2 amide bonds. The van der Waals surface area contributed by atoms with Gasteiger partial charge in [0.05, 0.1) is 18.7 Å². The minimum absolute atomic E-state index is 0.0363. The number of nitrogens with zero attached hydrogens (tertiary/aromatic N) is 1. The number of amides is 2. The van der Waals surface area contributed by atoms with Crippen LogP contribution in [-0.4, -0.2) is 54.8 Å². The number of halogens is 1. The molecule has 0 atom stereocenters. The van der Waals surface area contributed by atoms with Gasteiger partial charge in [0.15, 0.2) is 0 Å². The van der Waals surface area contributed by atoms with Crippen molar-refractivity contribution in [2.75, 3.05) is 32.1 Å². The van der Waals surface area contributed by atoms with Crippen LogP contribution in [-0.2, 0) is 4.79 Å². The number of hydrogen-bond donors (Lipinski definition) is 3. The van der Waals surface area contributed by atoms with Crippen LogP contribution in [0.15, 0.2) is 18.2 Å². The van der Waals surface area contributed by atoms with E-state index < -0.39 is 5.97 Å². The number of methoxy groups -OCH3 is 1. The molecule has 0 aliphatic carbocycles. The summed E-state index contributed by atoms with van der Waals surface area (Å²) >= 11 is 5.94. The second-order valence-electron chi connectivity index (χ2n) is 5.39. The maximum atomic E-state index is 12.0. The first-order valence-electron chi connectivity index (χ1n) is 7.33. The van der Waals surface area contributed by atoms with Gasteiger partial charge in [-0.25, -0.2) is 4.79 Å². The van der Waals surface area contributed by atoms with Crippen molar-refractivity contribution in [1.29, 1.82) is 0 Å². The first kappa shape index (κ1) is 17.4. The summed E-state index contributed by atoms with van der Waals surface area (Å²) in [5.41, 5.74) is 0.590. The number of piperidine rings is 1. The maximum absolute atomic E-state index is 12.0. The highest BCUT2D eigenvalue weighted by Crippen LogP contribution is 2.27. The number of ether oxygens (including phenoxy) is 1. The first-order valence-corrected chi connectivity index (χ1v) is 7.71. The number of carboxylic acids is 1. The fourth-order valence-electron chi connectivity index (χ4n) is 2.52. The van der Waals surface area contributed by atoms with Crippen LogP contribution >= 0.6 is 11.6 Å². The largest absolute Gasteiger partial charge is 0.495 e. The molecule has 23 heavy (non-hydrogen) atoms. The molecular weight excluding hydrogens is 322 g/mol. The SMILES string of the molecule is COc1cc(NC(=O)NC2CCN(CC(=O)O)CC2)ccc1Cl. The average Bonchev–Trinajstić information content (AvgIpc) is 2.50. The summed E-state index contributed by atoms with van der Waals surface area (Å²) in [4.78, 5) is 24.5. The molecule has 1 aliphatic rings. The van der Waals surface area contributed by atoms with E-state index in [0.717, 1.165) is 12.8 Å². The average molecular weight is 342 g/mol. The van der Waals surface area contributed by atoms with E-state index in [4.69, 9.17) is 21.4 Å². The number of anilines is 1. The van der Waals surface area contributed by atoms with Gasteiger partial charge in [0.25, 0.3) is 0 Å². The normalized spacial score (nSPS) is 15.9. The van der Waals surface area contributed by atoms with Crippen LogP contribution in [0, 0.1) is 0 Å². The second-order valence-corrected chi connectivity index (χ2v) is 5.80. The monoisotopic (exact) mass is 341 g/mol. The van der Waals surface area contributed by atoms with E-state index in [1.54, 1.807) is 18.2 Å². The zero-order chi connectivity index (χ0) is 16.8. The van der Waals surface area contributed by atoms with E-state index in [0.29, 0.717) is 29.5 Å². The molecule has 0 saturated carbocycles. The summed E-state index contributed by atoms with van der Waals surface area (Å²) < 4.78 is 5.10. The molecule has 0 spiro atoms. The van der Waals surface area contributed by atoms with Crippen LogP contribution in [0.3, 0.4) is 0 Å². The van der Waals surface area contributed by atoms with Crippen LogP contribution in [0.4, 0.5) is 10.5 Å². The summed E-state index contributed by atoms with van der Waals surface area (Å²) in [7, 11) is 1.51. The molecular formula is C15H20ClN3O4. The zero-order valence-electron chi connectivity index (χ0n) is 12.8. The number of hydrogen-bond acceptors (Lipinski definition) is 4. The number of benzene rings is 1. The van der Waals surface area contributed by atoms with Crippen molar-refractivity contribution in [3.63, 3.8) is 0 Å². The fourth-order valence-corrected chi connectivity index (χ4v) is 2.71. The third kappa shape index (κ3) is 5.30. The molecule has 3 N–H and O–H groups in total. The number of nitrogens with one attached hydrogen (secondary N) is 2. The summed E-state index contributed by atoms with van der Waals surface area (Å²) in [5, 5.41) is 14.9. The van der Waals surface area contributed by atoms with Crippen molar-refractivity contribution in [2.45, 2.75) is 18.9 Å². The summed E-state index contributed by atoms with van der Waals surface area (Å²) in [6.07, 6.45) is 1.45. The van der Waals surface area contributed by atoms with E-state index in [1.807, 2.05) is 4.90 Å². The van der Waals surface area contributed by atoms with E-state index in [1.165, 1.54) is 7.11 Å². The molecule has 1 fully saturated rings. The smallest absolute Gasteiger partial charge is 0.319 e. The van der Waals surface area contributed by atoms with Gasteiger partial charge in [-0.1, -0.05) is 11.6 Å². The fraction of sp³-hybridized carbons (Fsp3) is 0.467. The number of carbonyl (C=O) groups is 2. The molecule has 0 radical (unpaired) electrons. The van der Waals surface area contributed by atoms with E-state index >= 15 is 0 Å². The van der Waals surface area contributed by atoms with Crippen LogP contribution in [0.5, 0.6) is 5.75 Å². The Kier molecular flexibility index (Phi) is 6.06. The topological polar surface area (TPSA) is 90.9 Å². The Morgan fingerprint density at radius 2 is 2.09 bits per heavy atom. The van der Waals surface area contributed by atoms with Gasteiger partial charge in [-0.3, -0.25) is 9.69 Å². The molecule has 0 unspecified atom stereocenters. The van der Waals surface area contributed by atoms with Crippen LogP contribution in [0.1, 0.15) is 12.8 Å². The molecule has 1 aliphatic heterocycles. The van der Waals surface area contributed by atoms with Gasteiger partial charge in [0, 0.05) is 30.9 Å². The highest BCUT2D eigenvalue weighted by Gasteiger charge is 2.21. The number of rotatable bonds is 5. The van der Waals surface area contributed by atoms with Crippen molar-refractivity contribution in [1.82, 2.24) is 10.2 Å². The molecule has 8 heteroatoms. The number of urea groups is 1. The Morgan fingerprint density at radius 3 is 2.70 bits per heavy atom. The van der Waals surface area contributed by atoms with Gasteiger partial charge >= 0.3 is 12.0 Å². The van der Waals surface area contributed by atoms with Crippen LogP contribution in [0.25, 0.3) is 0 Å². The Bertz CT molecular complexity index is 574. The van der Waals surface area contributed by atoms with E-state index in [-0.39, 0.29) is 18.6 Å². The van der Waals surface area contributed by atoms with Crippen molar-refractivity contribution in [2.24, 2.45) is 0 Å². The minimum atomic E-state index is -0.828. The Morgan fingerprint density at radius 1 is 1.39 bits per heavy atom. The minimum Gasteiger partial charge on any atom is -0.495 e. The second kappa shape index (κ2) is 8.03. The Labute approximate surface area is 139 Å². The predicted molar refractivity (Wildman–Crippen MR) is 87.3 cm³/mol. The number of carboxylic acid groups (broad SMARTS) is 1. The zero-order valence-corrected chi connectivity index (χ0v) is 13.6. The van der Waals surface area contributed by atoms with Gasteiger partial charge < -0.3 is 20.5 Å². The number of carbonyl (C=O) groups excluding carboxylic acids is 1. The molecule has 1 aromatic rings. The van der Waals surface area contributed by atoms with Crippen molar-refractivity contribution < 1.29 is 19.4 Å². The van der Waals surface area contributed by atoms with Gasteiger partial charge in [-0.2, -0.15) is 0 Å². The lowest BCUT2D eigenvalue weighted by Gasteiger charge is -2.31. The lowest BCUT2D eigenvalue weighted by molar-refractivity contribution is -0.138. The summed E-state index contributed by atoms with van der Waals surface area (Å²) in [5.74, 6) is -0.336. The predicted octanol–water partition coefficient (Wildman–Crippen LogP) is 2.02. The lowest BCUT2D eigenvalue weighted by atomic mass is 10.1. The van der Waals surface area contributed by atoms with Crippen molar-refractivity contribution >= 4 is 29.3 Å². The first-order chi connectivity index (χ1) is 11.0. The molecule has 7 nitrogen and oxygen atoms in total. The molecule has 126 valence electrons. The molecule has 0 bridgehead atoms. The standard InChI is InChI=1S/C15H20ClN3O4/c1-23-13-8-11(2-3-12(13)16)18-15(22)17-10-4-6-19(7-5-10)9-14(20)21/h2-3,8,10H,4-7,9H2,1H3,(H,20,21)(H2,17,18,22). The molecule has 0 aromatic heterocycles. The van der Waals surface area contributed by atoms with E-state index in [2.05, 4.69) is 10.6 Å². The lowest BCUT2D eigenvalue weighted by Crippen LogP contribution is -2.47. The highest BCUT2D eigenvalue weighted by atomic mass is 35.5. The van der Waals surface area contributed by atoms with Crippen molar-refractivity contribution in [3.05, 3.63) is 23.2 Å². The van der Waals surface area contributed by atoms with Gasteiger partial charge in [0.1, 0.15) is 5.75 Å².